The highest BCUT2D eigenvalue weighted by molar-refractivity contribution is 7.99. The van der Waals surface area contributed by atoms with Crippen LogP contribution in [0, 0.1) is 0 Å². The van der Waals surface area contributed by atoms with Crippen molar-refractivity contribution >= 4 is 29.0 Å². The molecule has 148 valence electrons. The fourth-order valence-corrected chi connectivity index (χ4v) is 4.67. The number of likely N-dealkylation sites (tertiary alicyclic amines) is 1. The topological polar surface area (TPSA) is 43.8 Å². The molecule has 1 saturated heterocycles. The third kappa shape index (κ3) is 3.76. The van der Waals surface area contributed by atoms with Crippen molar-refractivity contribution in [3.8, 4) is 0 Å². The van der Waals surface area contributed by atoms with Gasteiger partial charge in [0.15, 0.2) is 0 Å². The summed E-state index contributed by atoms with van der Waals surface area (Å²) in [5, 5.41) is 9.85. The van der Waals surface area contributed by atoms with Crippen LogP contribution in [0.5, 0.6) is 0 Å². The SMILES string of the molecule is O=C(CN1CCC[C@H](O)C1)N1c2ccccc2Sc2ccc(C(F)(F)F)cc21. The van der Waals surface area contributed by atoms with Gasteiger partial charge in [-0.3, -0.25) is 14.6 Å². The normalized spacial score (nSPS) is 19.9. The van der Waals surface area contributed by atoms with Gasteiger partial charge in [0, 0.05) is 16.3 Å². The number of fused-ring (bicyclic) bond motifs is 2. The van der Waals surface area contributed by atoms with Crippen molar-refractivity contribution in [2.45, 2.75) is 34.9 Å². The lowest BCUT2D eigenvalue weighted by Crippen LogP contribution is -2.45. The van der Waals surface area contributed by atoms with Crippen LogP contribution in [0.4, 0.5) is 24.5 Å². The first-order chi connectivity index (χ1) is 13.3. The minimum atomic E-state index is -4.48. The Morgan fingerprint density at radius 1 is 1.14 bits per heavy atom. The van der Waals surface area contributed by atoms with Crippen LogP contribution < -0.4 is 4.90 Å². The van der Waals surface area contributed by atoms with Crippen LogP contribution >= 0.6 is 11.8 Å². The predicted molar refractivity (Wildman–Crippen MR) is 101 cm³/mol. The van der Waals surface area contributed by atoms with E-state index in [1.807, 2.05) is 17.0 Å². The van der Waals surface area contributed by atoms with E-state index in [1.54, 1.807) is 12.1 Å². The molecule has 0 spiro atoms. The average molecular weight is 408 g/mol. The first-order valence-electron chi connectivity index (χ1n) is 9.04. The van der Waals surface area contributed by atoms with Crippen LogP contribution in [-0.2, 0) is 11.0 Å². The first-order valence-corrected chi connectivity index (χ1v) is 9.86. The number of benzene rings is 2. The van der Waals surface area contributed by atoms with Gasteiger partial charge < -0.3 is 5.11 Å². The molecule has 4 rings (SSSR count). The quantitative estimate of drug-likeness (QED) is 0.805. The van der Waals surface area contributed by atoms with E-state index < -0.39 is 17.8 Å². The molecule has 0 aliphatic carbocycles. The van der Waals surface area contributed by atoms with E-state index in [2.05, 4.69) is 0 Å². The molecule has 0 aromatic heterocycles. The van der Waals surface area contributed by atoms with Gasteiger partial charge in [-0.1, -0.05) is 23.9 Å². The number of carbonyl (C=O) groups excluding carboxylic acids is 1. The number of alkyl halides is 3. The molecule has 2 aliphatic rings. The van der Waals surface area contributed by atoms with Crippen molar-refractivity contribution in [2.75, 3.05) is 24.5 Å². The highest BCUT2D eigenvalue weighted by Crippen LogP contribution is 2.49. The molecular weight excluding hydrogens is 389 g/mol. The minimum absolute atomic E-state index is 0.0474. The van der Waals surface area contributed by atoms with Crippen LogP contribution in [-0.4, -0.2) is 41.7 Å². The average Bonchev–Trinajstić information content (AvgIpc) is 2.64. The second-order valence-corrected chi connectivity index (χ2v) is 8.09. The van der Waals surface area contributed by atoms with Gasteiger partial charge in [-0.05, 0) is 49.7 Å². The Kier molecular flexibility index (Phi) is 5.11. The van der Waals surface area contributed by atoms with Gasteiger partial charge in [-0.25, -0.2) is 0 Å². The van der Waals surface area contributed by atoms with Crippen LogP contribution in [0.1, 0.15) is 18.4 Å². The molecule has 1 fully saturated rings. The number of piperidine rings is 1. The molecule has 2 aliphatic heterocycles. The van der Waals surface area contributed by atoms with Crippen LogP contribution in [0.15, 0.2) is 52.3 Å². The van der Waals surface area contributed by atoms with Crippen LogP contribution in [0.3, 0.4) is 0 Å². The van der Waals surface area contributed by atoms with Crippen LogP contribution in [0.25, 0.3) is 0 Å². The first kappa shape index (κ1) is 19.3. The number of para-hydroxylation sites is 1. The summed E-state index contributed by atoms with van der Waals surface area (Å²) in [5.74, 6) is -0.303. The summed E-state index contributed by atoms with van der Waals surface area (Å²) in [7, 11) is 0. The summed E-state index contributed by atoms with van der Waals surface area (Å²) in [4.78, 5) is 17.8. The Morgan fingerprint density at radius 3 is 2.64 bits per heavy atom. The van der Waals surface area contributed by atoms with E-state index in [-0.39, 0.29) is 18.1 Å². The monoisotopic (exact) mass is 408 g/mol. The van der Waals surface area contributed by atoms with Crippen LogP contribution in [0.2, 0.25) is 0 Å². The van der Waals surface area contributed by atoms with Gasteiger partial charge in [-0.15, -0.1) is 0 Å². The lowest BCUT2D eigenvalue weighted by atomic mass is 10.1. The second-order valence-electron chi connectivity index (χ2n) is 7.01. The third-order valence-corrected chi connectivity index (χ3v) is 6.07. The van der Waals surface area contributed by atoms with Crippen molar-refractivity contribution in [3.05, 3.63) is 48.0 Å². The van der Waals surface area contributed by atoms with E-state index in [4.69, 9.17) is 0 Å². The number of rotatable bonds is 2. The van der Waals surface area contributed by atoms with E-state index >= 15 is 0 Å². The smallest absolute Gasteiger partial charge is 0.392 e. The van der Waals surface area contributed by atoms with Crippen molar-refractivity contribution in [2.24, 2.45) is 0 Å². The lowest BCUT2D eigenvalue weighted by molar-refractivity contribution is -0.137. The molecule has 2 aromatic rings. The molecule has 1 N–H and O–H groups in total. The fraction of sp³-hybridized carbons (Fsp3) is 0.350. The maximum atomic E-state index is 13.3. The molecule has 2 heterocycles. The highest BCUT2D eigenvalue weighted by Gasteiger charge is 2.35. The molecular formula is C20H19F3N2O2S. The summed E-state index contributed by atoms with van der Waals surface area (Å²) < 4.78 is 39.8. The molecule has 0 saturated carbocycles. The molecule has 0 radical (unpaired) electrons. The number of amides is 1. The highest BCUT2D eigenvalue weighted by atomic mass is 32.2. The van der Waals surface area contributed by atoms with Gasteiger partial charge in [0.1, 0.15) is 0 Å². The number of hydrogen-bond acceptors (Lipinski definition) is 4. The molecule has 1 amide bonds. The van der Waals surface area contributed by atoms with E-state index in [0.717, 1.165) is 23.4 Å². The summed E-state index contributed by atoms with van der Waals surface area (Å²) in [5.41, 5.74) is 0.0559. The van der Waals surface area contributed by atoms with Crippen molar-refractivity contribution in [1.82, 2.24) is 4.90 Å². The standard InChI is InChI=1S/C20H19F3N2O2S/c21-20(22,23)13-7-8-18-16(10-13)25(15-5-1-2-6-17(15)28-18)19(27)12-24-9-3-4-14(26)11-24/h1-2,5-8,10,14,26H,3-4,9,11-12H2/t14-/m0/s1. The van der Waals surface area contributed by atoms with Gasteiger partial charge >= 0.3 is 6.18 Å². The number of β-amino-alcohol motifs (C(OH)–C–C–N with tert-alkyl or cyclic N) is 1. The molecule has 0 bridgehead atoms. The van der Waals surface area contributed by atoms with Gasteiger partial charge in [-0.2, -0.15) is 13.2 Å². The predicted octanol–water partition coefficient (Wildman–Crippen LogP) is 4.29. The molecule has 0 unspecified atom stereocenters. The Morgan fingerprint density at radius 2 is 1.89 bits per heavy atom. The number of halogens is 3. The largest absolute Gasteiger partial charge is 0.416 e. The number of nitrogens with zero attached hydrogens (tertiary/aromatic N) is 2. The van der Waals surface area contributed by atoms with E-state index in [0.29, 0.717) is 30.1 Å². The van der Waals surface area contributed by atoms with E-state index in [1.165, 1.54) is 22.7 Å². The number of hydrogen-bond donors (Lipinski definition) is 1. The Bertz CT molecular complexity index is 903. The Labute approximate surface area is 164 Å². The van der Waals surface area contributed by atoms with E-state index in [9.17, 15) is 23.1 Å². The number of anilines is 2. The molecule has 2 aromatic carbocycles. The number of aliphatic hydroxyl groups is 1. The van der Waals surface area contributed by atoms with Gasteiger partial charge in [0.05, 0.1) is 29.6 Å². The fourth-order valence-electron chi connectivity index (χ4n) is 3.64. The molecule has 1 atom stereocenters. The number of carbonyl (C=O) groups is 1. The van der Waals surface area contributed by atoms with Crippen molar-refractivity contribution in [3.63, 3.8) is 0 Å². The Hall–Kier alpha value is -2.03. The second kappa shape index (κ2) is 7.42. The molecule has 8 heteroatoms. The van der Waals surface area contributed by atoms with Crippen molar-refractivity contribution in [1.29, 1.82) is 0 Å². The zero-order valence-corrected chi connectivity index (χ0v) is 15.8. The Balaban J connectivity index is 1.72. The van der Waals surface area contributed by atoms with Crippen molar-refractivity contribution < 1.29 is 23.1 Å². The van der Waals surface area contributed by atoms with Gasteiger partial charge in [0.25, 0.3) is 0 Å². The number of aliphatic hydroxyl groups excluding tert-OH is 1. The zero-order chi connectivity index (χ0) is 19.9. The lowest BCUT2D eigenvalue weighted by Gasteiger charge is -2.35. The molecule has 28 heavy (non-hydrogen) atoms. The summed E-state index contributed by atoms with van der Waals surface area (Å²) >= 11 is 1.35. The summed E-state index contributed by atoms with van der Waals surface area (Å²) in [6, 6.07) is 10.7. The minimum Gasteiger partial charge on any atom is -0.392 e. The maximum Gasteiger partial charge on any atom is 0.416 e. The summed E-state index contributed by atoms with van der Waals surface area (Å²) in [6.45, 7) is 1.12. The summed E-state index contributed by atoms with van der Waals surface area (Å²) in [6.07, 6.45) is -3.47. The zero-order valence-electron chi connectivity index (χ0n) is 14.9. The maximum absolute atomic E-state index is 13.3. The third-order valence-electron chi connectivity index (χ3n) is 4.94. The molecule has 4 nitrogen and oxygen atoms in total. The van der Waals surface area contributed by atoms with Gasteiger partial charge in [0.2, 0.25) is 5.91 Å².